The fourth-order valence-electron chi connectivity index (χ4n) is 1.48. The monoisotopic (exact) mass is 282 g/mol. The lowest BCUT2D eigenvalue weighted by molar-refractivity contribution is 0.242. The van der Waals surface area contributed by atoms with E-state index in [4.69, 9.17) is 4.74 Å². The van der Waals surface area contributed by atoms with Gasteiger partial charge in [-0.2, -0.15) is 0 Å². The van der Waals surface area contributed by atoms with Crippen LogP contribution in [0, 0.1) is 0 Å². The highest BCUT2D eigenvalue weighted by molar-refractivity contribution is 9.09. The van der Waals surface area contributed by atoms with Crippen LogP contribution in [0.5, 0.6) is 5.75 Å². The summed E-state index contributed by atoms with van der Waals surface area (Å²) in [6, 6.07) is 8.26. The molecule has 0 spiro atoms. The number of hydrogen-bond donors (Lipinski definition) is 0. The Balaban J connectivity index is 2.81. The van der Waals surface area contributed by atoms with Crippen LogP contribution in [0.15, 0.2) is 30.3 Å². The molecule has 0 amide bonds. The Bertz CT molecular complexity index is 356. The second-order valence-electron chi connectivity index (χ2n) is 4.06. The number of allylic oxidation sites excluding steroid dienone is 2. The van der Waals surface area contributed by atoms with E-state index in [2.05, 4.69) is 41.1 Å². The molecule has 0 atom stereocenters. The first-order chi connectivity index (χ1) is 7.63. The zero-order valence-corrected chi connectivity index (χ0v) is 11.8. The van der Waals surface area contributed by atoms with Crippen molar-refractivity contribution in [1.82, 2.24) is 0 Å². The van der Waals surface area contributed by atoms with Crippen LogP contribution in [0.1, 0.15) is 32.8 Å². The molecule has 0 saturated carbocycles. The van der Waals surface area contributed by atoms with Crippen LogP contribution < -0.4 is 4.74 Å². The van der Waals surface area contributed by atoms with Gasteiger partial charge in [0.15, 0.2) is 0 Å². The molecule has 0 saturated heterocycles. The Morgan fingerprint density at radius 1 is 1.44 bits per heavy atom. The van der Waals surface area contributed by atoms with Crippen LogP contribution in [0.25, 0.3) is 5.57 Å². The van der Waals surface area contributed by atoms with Gasteiger partial charge in [0.25, 0.3) is 0 Å². The average Bonchev–Trinajstić information content (AvgIpc) is 2.25. The number of halogens is 1. The predicted molar refractivity (Wildman–Crippen MR) is 74.3 cm³/mol. The van der Waals surface area contributed by atoms with Gasteiger partial charge >= 0.3 is 0 Å². The molecule has 1 rings (SSSR count). The van der Waals surface area contributed by atoms with Crippen molar-refractivity contribution in [3.63, 3.8) is 0 Å². The number of rotatable bonds is 5. The standard InChI is InChI=1S/C14H19BrO/c1-11(2)16-14-8-4-7-13(10-14)12(3)6-5-9-15/h4,6-8,10-11H,5,9H2,1-3H3. The van der Waals surface area contributed by atoms with E-state index in [0.717, 1.165) is 17.5 Å². The zero-order chi connectivity index (χ0) is 12.0. The molecular formula is C14H19BrO. The average molecular weight is 283 g/mol. The third kappa shape index (κ3) is 4.40. The van der Waals surface area contributed by atoms with E-state index in [1.165, 1.54) is 11.1 Å². The maximum atomic E-state index is 5.67. The first kappa shape index (κ1) is 13.3. The Morgan fingerprint density at radius 3 is 2.81 bits per heavy atom. The normalized spacial score (nSPS) is 11.9. The van der Waals surface area contributed by atoms with Gasteiger partial charge in [0.2, 0.25) is 0 Å². The summed E-state index contributed by atoms with van der Waals surface area (Å²) in [5.41, 5.74) is 2.53. The van der Waals surface area contributed by atoms with E-state index in [9.17, 15) is 0 Å². The molecule has 0 aromatic heterocycles. The van der Waals surface area contributed by atoms with Crippen LogP contribution in [0.3, 0.4) is 0 Å². The summed E-state index contributed by atoms with van der Waals surface area (Å²) in [7, 11) is 0. The summed E-state index contributed by atoms with van der Waals surface area (Å²) in [5, 5.41) is 1.01. The first-order valence-corrected chi connectivity index (χ1v) is 6.75. The third-order valence-corrected chi connectivity index (χ3v) is 2.68. The fourth-order valence-corrected chi connectivity index (χ4v) is 1.70. The summed E-state index contributed by atoms with van der Waals surface area (Å²) in [4.78, 5) is 0. The lowest BCUT2D eigenvalue weighted by Crippen LogP contribution is -2.05. The largest absolute Gasteiger partial charge is 0.491 e. The highest BCUT2D eigenvalue weighted by Gasteiger charge is 2.00. The van der Waals surface area contributed by atoms with Crippen molar-refractivity contribution in [2.24, 2.45) is 0 Å². The molecule has 0 aliphatic heterocycles. The Hall–Kier alpha value is -0.760. The van der Waals surface area contributed by atoms with Crippen LogP contribution >= 0.6 is 15.9 Å². The molecule has 0 bridgehead atoms. The minimum Gasteiger partial charge on any atom is -0.491 e. The van der Waals surface area contributed by atoms with Crippen molar-refractivity contribution in [2.45, 2.75) is 33.3 Å². The van der Waals surface area contributed by atoms with Gasteiger partial charge in [0.1, 0.15) is 5.75 Å². The minimum atomic E-state index is 0.224. The molecule has 1 aromatic carbocycles. The smallest absolute Gasteiger partial charge is 0.120 e. The van der Waals surface area contributed by atoms with Crippen LogP contribution in [0.4, 0.5) is 0 Å². The van der Waals surface area contributed by atoms with Gasteiger partial charge in [0, 0.05) is 5.33 Å². The maximum Gasteiger partial charge on any atom is 0.120 e. The summed E-state index contributed by atoms with van der Waals surface area (Å²) in [5.74, 6) is 0.944. The molecule has 0 N–H and O–H groups in total. The van der Waals surface area contributed by atoms with Gasteiger partial charge in [-0.3, -0.25) is 0 Å². The van der Waals surface area contributed by atoms with E-state index in [-0.39, 0.29) is 6.10 Å². The minimum absolute atomic E-state index is 0.224. The third-order valence-electron chi connectivity index (χ3n) is 2.22. The first-order valence-electron chi connectivity index (χ1n) is 5.63. The number of hydrogen-bond acceptors (Lipinski definition) is 1. The van der Waals surface area contributed by atoms with Crippen molar-refractivity contribution < 1.29 is 4.74 Å². The summed E-state index contributed by atoms with van der Waals surface area (Å²) >= 11 is 3.43. The van der Waals surface area contributed by atoms with Crippen molar-refractivity contribution in [1.29, 1.82) is 0 Å². The molecule has 88 valence electrons. The van der Waals surface area contributed by atoms with Gasteiger partial charge in [0.05, 0.1) is 6.10 Å². The molecule has 2 heteroatoms. The van der Waals surface area contributed by atoms with Crippen LogP contribution in [-0.2, 0) is 0 Å². The zero-order valence-electron chi connectivity index (χ0n) is 10.2. The van der Waals surface area contributed by atoms with Gasteiger partial charge < -0.3 is 4.74 Å². The summed E-state index contributed by atoms with van der Waals surface area (Å²) in [6.45, 7) is 6.22. The van der Waals surface area contributed by atoms with Crippen molar-refractivity contribution in [3.8, 4) is 5.75 Å². The van der Waals surface area contributed by atoms with Gasteiger partial charge in [-0.15, -0.1) is 0 Å². The highest BCUT2D eigenvalue weighted by atomic mass is 79.9. The lowest BCUT2D eigenvalue weighted by Gasteiger charge is -2.11. The van der Waals surface area contributed by atoms with Crippen molar-refractivity contribution in [2.75, 3.05) is 5.33 Å². The van der Waals surface area contributed by atoms with Crippen LogP contribution in [0.2, 0.25) is 0 Å². The number of benzene rings is 1. The predicted octanol–water partition coefficient (Wildman–Crippen LogP) is 4.66. The summed E-state index contributed by atoms with van der Waals surface area (Å²) < 4.78 is 5.67. The molecule has 0 aliphatic rings. The van der Waals surface area contributed by atoms with Crippen molar-refractivity contribution in [3.05, 3.63) is 35.9 Å². The second-order valence-corrected chi connectivity index (χ2v) is 4.85. The van der Waals surface area contributed by atoms with E-state index in [1.54, 1.807) is 0 Å². The fraction of sp³-hybridized carbons (Fsp3) is 0.429. The van der Waals surface area contributed by atoms with E-state index in [0.29, 0.717) is 0 Å². The Labute approximate surface area is 107 Å². The molecule has 1 nitrogen and oxygen atoms in total. The molecule has 0 heterocycles. The van der Waals surface area contributed by atoms with Gasteiger partial charge in [-0.1, -0.05) is 34.1 Å². The maximum absolute atomic E-state index is 5.67. The molecule has 0 unspecified atom stereocenters. The van der Waals surface area contributed by atoms with E-state index >= 15 is 0 Å². The SMILES string of the molecule is CC(=CCCBr)c1cccc(OC(C)C)c1. The molecular weight excluding hydrogens is 264 g/mol. The molecule has 16 heavy (non-hydrogen) atoms. The van der Waals surface area contributed by atoms with Gasteiger partial charge in [-0.05, 0) is 50.5 Å². The second kappa shape index (κ2) is 6.74. The highest BCUT2D eigenvalue weighted by Crippen LogP contribution is 2.21. The number of alkyl halides is 1. The van der Waals surface area contributed by atoms with E-state index < -0.39 is 0 Å². The molecule has 1 aromatic rings. The number of ether oxygens (including phenoxy) is 1. The summed E-state index contributed by atoms with van der Waals surface area (Å²) in [6.07, 6.45) is 3.52. The van der Waals surface area contributed by atoms with Crippen molar-refractivity contribution >= 4 is 21.5 Å². The lowest BCUT2D eigenvalue weighted by atomic mass is 10.1. The van der Waals surface area contributed by atoms with E-state index in [1.807, 2.05) is 26.0 Å². The van der Waals surface area contributed by atoms with Gasteiger partial charge in [-0.25, -0.2) is 0 Å². The molecule has 0 aliphatic carbocycles. The Kier molecular flexibility index (Phi) is 5.61. The quantitative estimate of drug-likeness (QED) is 0.714. The molecule has 0 fully saturated rings. The topological polar surface area (TPSA) is 9.23 Å². The Morgan fingerprint density at radius 2 is 2.19 bits per heavy atom. The molecule has 0 radical (unpaired) electrons. The van der Waals surface area contributed by atoms with Crippen LogP contribution in [-0.4, -0.2) is 11.4 Å².